The molecule has 30 heavy (non-hydrogen) atoms. The second kappa shape index (κ2) is 8.91. The third-order valence-corrected chi connectivity index (χ3v) is 4.34. The minimum Gasteiger partial charge on any atom is -0.473 e. The lowest BCUT2D eigenvalue weighted by Crippen LogP contribution is -2.39. The van der Waals surface area contributed by atoms with E-state index in [1.807, 2.05) is 32.9 Å². The highest BCUT2D eigenvalue weighted by molar-refractivity contribution is 5.71. The first-order valence-electron chi connectivity index (χ1n) is 9.57. The molecule has 2 heterocycles. The summed E-state index contributed by atoms with van der Waals surface area (Å²) in [5, 5.41) is 8.81. The van der Waals surface area contributed by atoms with Crippen molar-refractivity contribution in [1.82, 2.24) is 14.9 Å². The molecule has 8 heteroatoms. The summed E-state index contributed by atoms with van der Waals surface area (Å²) in [7, 11) is 0. The van der Waals surface area contributed by atoms with Crippen molar-refractivity contribution >= 4 is 11.7 Å². The average molecular weight is 410 g/mol. The Morgan fingerprint density at radius 1 is 1.33 bits per heavy atom. The van der Waals surface area contributed by atoms with Crippen molar-refractivity contribution in [2.45, 2.75) is 39.4 Å². The number of carbonyl (C=O) groups is 1. The molecule has 0 atom stereocenters. The highest BCUT2D eigenvalue weighted by Gasteiger charge is 2.24. The predicted octanol–water partition coefficient (Wildman–Crippen LogP) is 4.09. The summed E-state index contributed by atoms with van der Waals surface area (Å²) < 4.78 is 25.0. The Morgan fingerprint density at radius 3 is 2.77 bits per heavy atom. The lowest BCUT2D eigenvalue weighted by atomic mass is 10.1. The fourth-order valence-electron chi connectivity index (χ4n) is 2.83. The molecule has 0 saturated heterocycles. The second-order valence-corrected chi connectivity index (χ2v) is 7.83. The van der Waals surface area contributed by atoms with Crippen molar-refractivity contribution in [2.24, 2.45) is 0 Å². The molecule has 0 fully saturated rings. The fourth-order valence-corrected chi connectivity index (χ4v) is 2.83. The SMILES string of the molecule is CC(C)(C)OC(=O)N1CC=C(c2nccc(OCc3ccc(C#N)cc3F)n2)CC1. The van der Waals surface area contributed by atoms with E-state index < -0.39 is 11.4 Å². The summed E-state index contributed by atoms with van der Waals surface area (Å²) in [6, 6.07) is 7.72. The Labute approximate surface area is 174 Å². The van der Waals surface area contributed by atoms with E-state index in [-0.39, 0.29) is 18.3 Å². The van der Waals surface area contributed by atoms with Gasteiger partial charge in [-0.2, -0.15) is 10.2 Å². The minimum atomic E-state index is -0.537. The zero-order valence-corrected chi connectivity index (χ0v) is 17.2. The van der Waals surface area contributed by atoms with Crippen LogP contribution in [-0.4, -0.2) is 39.7 Å². The summed E-state index contributed by atoms with van der Waals surface area (Å²) in [4.78, 5) is 22.5. The minimum absolute atomic E-state index is 0.0144. The van der Waals surface area contributed by atoms with Crippen molar-refractivity contribution in [2.75, 3.05) is 13.1 Å². The van der Waals surface area contributed by atoms with Crippen molar-refractivity contribution in [3.63, 3.8) is 0 Å². The van der Waals surface area contributed by atoms with Crippen molar-refractivity contribution in [3.05, 3.63) is 59.3 Å². The maximum Gasteiger partial charge on any atom is 0.410 e. The number of benzene rings is 1. The molecule has 0 saturated carbocycles. The molecule has 0 unspecified atom stereocenters. The van der Waals surface area contributed by atoms with Crippen LogP contribution in [0.25, 0.3) is 5.57 Å². The molecule has 0 N–H and O–H groups in total. The van der Waals surface area contributed by atoms with Crippen LogP contribution in [0.3, 0.4) is 0 Å². The topological polar surface area (TPSA) is 88.3 Å². The zero-order valence-electron chi connectivity index (χ0n) is 17.2. The summed E-state index contributed by atoms with van der Waals surface area (Å²) in [5.41, 5.74) is 0.957. The molecule has 7 nitrogen and oxygen atoms in total. The van der Waals surface area contributed by atoms with E-state index in [9.17, 15) is 9.18 Å². The van der Waals surface area contributed by atoms with Gasteiger partial charge in [0, 0.05) is 30.9 Å². The highest BCUT2D eigenvalue weighted by atomic mass is 19.1. The van der Waals surface area contributed by atoms with Crippen molar-refractivity contribution in [3.8, 4) is 11.9 Å². The maximum absolute atomic E-state index is 14.0. The van der Waals surface area contributed by atoms with Gasteiger partial charge in [0.05, 0.1) is 11.6 Å². The number of hydrogen-bond acceptors (Lipinski definition) is 6. The number of nitrogens with zero attached hydrogens (tertiary/aromatic N) is 4. The molecule has 0 spiro atoms. The largest absolute Gasteiger partial charge is 0.473 e. The molecular formula is C22H23FN4O3. The van der Waals surface area contributed by atoms with Crippen LogP contribution in [-0.2, 0) is 11.3 Å². The van der Waals surface area contributed by atoms with Gasteiger partial charge in [0.2, 0.25) is 5.88 Å². The van der Waals surface area contributed by atoms with E-state index >= 15 is 0 Å². The zero-order chi connectivity index (χ0) is 21.7. The van der Waals surface area contributed by atoms with Crippen LogP contribution in [0.15, 0.2) is 36.5 Å². The number of hydrogen-bond donors (Lipinski definition) is 0. The smallest absolute Gasteiger partial charge is 0.410 e. The van der Waals surface area contributed by atoms with Gasteiger partial charge in [-0.25, -0.2) is 14.2 Å². The molecule has 1 aliphatic rings. The van der Waals surface area contributed by atoms with Crippen molar-refractivity contribution < 1.29 is 18.7 Å². The van der Waals surface area contributed by atoms with E-state index in [2.05, 4.69) is 9.97 Å². The van der Waals surface area contributed by atoms with Crippen molar-refractivity contribution in [1.29, 1.82) is 5.26 Å². The predicted molar refractivity (Wildman–Crippen MR) is 108 cm³/mol. The molecule has 0 bridgehead atoms. The normalized spacial score (nSPS) is 14.0. The molecule has 2 aromatic rings. The highest BCUT2D eigenvalue weighted by Crippen LogP contribution is 2.22. The molecular weight excluding hydrogens is 387 g/mol. The van der Waals surface area contributed by atoms with Gasteiger partial charge in [-0.3, -0.25) is 0 Å². The molecule has 1 amide bonds. The number of carbonyl (C=O) groups excluding carboxylic acids is 1. The Hall–Kier alpha value is -3.47. The summed E-state index contributed by atoms with van der Waals surface area (Å²) in [6.07, 6.45) is 3.72. The quantitative estimate of drug-likeness (QED) is 0.754. The first-order chi connectivity index (χ1) is 14.2. The van der Waals surface area contributed by atoms with Gasteiger partial charge in [0.1, 0.15) is 18.0 Å². The maximum atomic E-state index is 14.0. The molecule has 3 rings (SSSR count). The Kier molecular flexibility index (Phi) is 6.31. The van der Waals surface area contributed by atoms with Crippen LogP contribution >= 0.6 is 0 Å². The Balaban J connectivity index is 1.63. The molecule has 0 radical (unpaired) electrons. The molecule has 1 aromatic heterocycles. The monoisotopic (exact) mass is 410 g/mol. The molecule has 0 aliphatic carbocycles. The fraction of sp³-hybridized carbons (Fsp3) is 0.364. The third kappa shape index (κ3) is 5.54. The van der Waals surface area contributed by atoms with Crippen LogP contribution in [0, 0.1) is 17.1 Å². The summed E-state index contributed by atoms with van der Waals surface area (Å²) >= 11 is 0. The van der Waals surface area contributed by atoms with Gasteiger partial charge in [0.25, 0.3) is 0 Å². The standard InChI is InChI=1S/C22H23FN4O3/c1-22(2,3)30-21(28)27-10-7-16(8-11-27)20-25-9-6-19(26-20)29-14-17-5-4-15(13-24)12-18(17)23/h4-7,9,12H,8,10-11,14H2,1-3H3. The van der Waals surface area contributed by atoms with Crippen LogP contribution < -0.4 is 4.74 Å². The van der Waals surface area contributed by atoms with Crippen LogP contribution in [0.1, 0.15) is 44.1 Å². The van der Waals surface area contributed by atoms with E-state index in [1.165, 1.54) is 18.2 Å². The Bertz CT molecular complexity index is 1010. The number of ether oxygens (including phenoxy) is 2. The number of rotatable bonds is 4. The van der Waals surface area contributed by atoms with E-state index in [1.54, 1.807) is 17.2 Å². The van der Waals surface area contributed by atoms with Gasteiger partial charge >= 0.3 is 6.09 Å². The van der Waals surface area contributed by atoms with E-state index in [4.69, 9.17) is 14.7 Å². The lowest BCUT2D eigenvalue weighted by molar-refractivity contribution is 0.0270. The number of aromatic nitrogens is 2. The third-order valence-electron chi connectivity index (χ3n) is 4.34. The van der Waals surface area contributed by atoms with Gasteiger partial charge in [0.15, 0.2) is 5.82 Å². The first-order valence-corrected chi connectivity index (χ1v) is 9.57. The number of amides is 1. The van der Waals surface area contributed by atoms with Gasteiger partial charge < -0.3 is 14.4 Å². The molecule has 1 aromatic carbocycles. The molecule has 1 aliphatic heterocycles. The summed E-state index contributed by atoms with van der Waals surface area (Å²) in [6.45, 7) is 6.40. The van der Waals surface area contributed by atoms with Gasteiger partial charge in [-0.1, -0.05) is 12.1 Å². The van der Waals surface area contributed by atoms with Crippen LogP contribution in [0.5, 0.6) is 5.88 Å². The second-order valence-electron chi connectivity index (χ2n) is 7.83. The van der Waals surface area contributed by atoms with Crippen LogP contribution in [0.2, 0.25) is 0 Å². The summed E-state index contributed by atoms with van der Waals surface area (Å²) in [5.74, 6) is 0.330. The average Bonchev–Trinajstić information content (AvgIpc) is 2.72. The first kappa shape index (κ1) is 21.2. The lowest BCUT2D eigenvalue weighted by Gasteiger charge is -2.29. The van der Waals surface area contributed by atoms with Gasteiger partial charge in [-0.15, -0.1) is 0 Å². The number of halogens is 1. The number of nitriles is 1. The van der Waals surface area contributed by atoms with E-state index in [0.717, 1.165) is 5.57 Å². The van der Waals surface area contributed by atoms with E-state index in [0.29, 0.717) is 36.8 Å². The van der Waals surface area contributed by atoms with Crippen LogP contribution in [0.4, 0.5) is 9.18 Å². The molecule has 156 valence electrons. The van der Waals surface area contributed by atoms with Gasteiger partial charge in [-0.05, 0) is 44.9 Å². The Morgan fingerprint density at radius 2 is 2.13 bits per heavy atom.